The first kappa shape index (κ1) is 15.5. The lowest BCUT2D eigenvalue weighted by Gasteiger charge is -2.24. The van der Waals surface area contributed by atoms with Gasteiger partial charge in [-0.2, -0.15) is 0 Å². The Balaban J connectivity index is 1.78. The van der Waals surface area contributed by atoms with Crippen molar-refractivity contribution in [3.8, 4) is 0 Å². The van der Waals surface area contributed by atoms with Gasteiger partial charge in [-0.25, -0.2) is 0 Å². The van der Waals surface area contributed by atoms with Crippen LogP contribution >= 0.6 is 15.9 Å². The lowest BCUT2D eigenvalue weighted by molar-refractivity contribution is -0.126. The minimum atomic E-state index is -1.03. The molecule has 1 atom stereocenters. The Morgan fingerprint density at radius 2 is 2.10 bits per heavy atom. The molecule has 1 amide bonds. The van der Waals surface area contributed by atoms with E-state index < -0.39 is 5.54 Å². The number of amides is 1. The van der Waals surface area contributed by atoms with Gasteiger partial charge in [0.1, 0.15) is 5.54 Å². The van der Waals surface area contributed by atoms with Crippen LogP contribution in [0.3, 0.4) is 0 Å². The average molecular weight is 341 g/mol. The van der Waals surface area contributed by atoms with Crippen LogP contribution in [0.1, 0.15) is 25.3 Å². The van der Waals surface area contributed by atoms with Gasteiger partial charge in [0.05, 0.1) is 6.61 Å². The van der Waals surface area contributed by atoms with E-state index in [1.54, 1.807) is 6.92 Å². The fourth-order valence-electron chi connectivity index (χ4n) is 1.88. The van der Waals surface area contributed by atoms with Gasteiger partial charge in [0, 0.05) is 17.6 Å². The van der Waals surface area contributed by atoms with Gasteiger partial charge in [0.2, 0.25) is 5.91 Å². The van der Waals surface area contributed by atoms with E-state index in [2.05, 4.69) is 21.2 Å². The highest BCUT2D eigenvalue weighted by molar-refractivity contribution is 9.10. The second-order valence-electron chi connectivity index (χ2n) is 5.48. The summed E-state index contributed by atoms with van der Waals surface area (Å²) in [6, 6.07) is 7.47. The van der Waals surface area contributed by atoms with Crippen molar-refractivity contribution in [2.75, 3.05) is 19.8 Å². The lowest BCUT2D eigenvalue weighted by atomic mass is 9.92. The van der Waals surface area contributed by atoms with E-state index in [0.29, 0.717) is 13.2 Å². The minimum Gasteiger partial charge on any atom is -0.379 e. The summed E-state index contributed by atoms with van der Waals surface area (Å²) in [5, 5.41) is 2.83. The number of nitrogens with two attached hydrogens (primary N) is 1. The molecule has 110 valence electrons. The lowest BCUT2D eigenvalue weighted by Crippen LogP contribution is -2.49. The summed E-state index contributed by atoms with van der Waals surface area (Å²) in [6.07, 6.45) is 2.55. The maximum atomic E-state index is 12.2. The molecule has 0 aromatic heterocycles. The smallest absolute Gasteiger partial charge is 0.244 e. The van der Waals surface area contributed by atoms with Crippen molar-refractivity contribution in [3.63, 3.8) is 0 Å². The van der Waals surface area contributed by atoms with Crippen molar-refractivity contribution in [2.45, 2.75) is 25.3 Å². The summed E-state index contributed by atoms with van der Waals surface area (Å²) in [5.41, 5.74) is 5.89. The number of benzene rings is 1. The largest absolute Gasteiger partial charge is 0.379 e. The summed E-state index contributed by atoms with van der Waals surface area (Å²) in [5.74, 6) is 0.558. The first-order chi connectivity index (χ1) is 9.50. The quantitative estimate of drug-likeness (QED) is 0.747. The van der Waals surface area contributed by atoms with Crippen LogP contribution in [0, 0.1) is 5.92 Å². The molecular weight excluding hydrogens is 320 g/mol. The first-order valence-corrected chi connectivity index (χ1v) is 7.70. The van der Waals surface area contributed by atoms with Crippen LogP contribution in [0.4, 0.5) is 0 Å². The highest BCUT2D eigenvalue weighted by Gasteiger charge is 2.30. The van der Waals surface area contributed by atoms with Gasteiger partial charge in [0.25, 0.3) is 0 Å². The molecule has 20 heavy (non-hydrogen) atoms. The Labute approximate surface area is 128 Å². The van der Waals surface area contributed by atoms with Crippen molar-refractivity contribution >= 4 is 21.8 Å². The number of nitrogens with one attached hydrogen (secondary N) is 1. The van der Waals surface area contributed by atoms with Crippen LogP contribution in [0.15, 0.2) is 28.7 Å². The summed E-state index contributed by atoms with van der Waals surface area (Å²) in [7, 11) is 0. The number of carbonyl (C=O) groups is 1. The van der Waals surface area contributed by atoms with Crippen molar-refractivity contribution < 1.29 is 9.53 Å². The van der Waals surface area contributed by atoms with Gasteiger partial charge in [0.15, 0.2) is 0 Å². The van der Waals surface area contributed by atoms with Gasteiger partial charge < -0.3 is 15.8 Å². The van der Waals surface area contributed by atoms with Crippen LogP contribution < -0.4 is 11.1 Å². The zero-order chi connectivity index (χ0) is 14.6. The van der Waals surface area contributed by atoms with Gasteiger partial charge in [-0.15, -0.1) is 0 Å². The summed E-state index contributed by atoms with van der Waals surface area (Å²) < 4.78 is 6.44. The predicted octanol–water partition coefficient (Wildman–Crippen LogP) is 2.17. The number of hydrogen-bond acceptors (Lipinski definition) is 3. The van der Waals surface area contributed by atoms with Gasteiger partial charge in [-0.1, -0.05) is 28.1 Å². The fraction of sp³-hybridized carbons (Fsp3) is 0.533. The SMILES string of the molecule is CC(N)(C(=O)NCCOCC1CC1)c1ccc(Br)cc1. The van der Waals surface area contributed by atoms with Gasteiger partial charge in [-0.3, -0.25) is 4.79 Å². The minimum absolute atomic E-state index is 0.185. The van der Waals surface area contributed by atoms with E-state index in [1.807, 2.05) is 24.3 Å². The third-order valence-corrected chi connectivity index (χ3v) is 4.03. The molecule has 0 heterocycles. The molecule has 4 nitrogen and oxygen atoms in total. The van der Waals surface area contributed by atoms with Crippen molar-refractivity contribution in [3.05, 3.63) is 34.3 Å². The number of hydrogen-bond donors (Lipinski definition) is 2. The number of carbonyl (C=O) groups excluding carboxylic acids is 1. The Kier molecular flexibility index (Phi) is 5.18. The second kappa shape index (κ2) is 6.70. The molecule has 2 rings (SSSR count). The zero-order valence-corrected chi connectivity index (χ0v) is 13.3. The normalized spacial score (nSPS) is 17.6. The monoisotopic (exact) mass is 340 g/mol. The molecule has 1 saturated carbocycles. The Morgan fingerprint density at radius 3 is 2.70 bits per heavy atom. The second-order valence-corrected chi connectivity index (χ2v) is 6.40. The van der Waals surface area contributed by atoms with Crippen LogP contribution in [-0.2, 0) is 15.1 Å². The van der Waals surface area contributed by atoms with E-state index in [4.69, 9.17) is 10.5 Å². The molecule has 0 saturated heterocycles. The standard InChI is InChI=1S/C15H21BrN2O2/c1-15(17,12-4-6-13(16)7-5-12)14(19)18-8-9-20-10-11-2-3-11/h4-7,11H,2-3,8-10,17H2,1H3,(H,18,19). The molecule has 0 spiro atoms. The van der Waals surface area contributed by atoms with Crippen LogP contribution in [0.5, 0.6) is 0 Å². The zero-order valence-electron chi connectivity index (χ0n) is 11.7. The summed E-state index contributed by atoms with van der Waals surface area (Å²) in [4.78, 5) is 12.2. The number of rotatable bonds is 7. The summed E-state index contributed by atoms with van der Waals surface area (Å²) >= 11 is 3.37. The number of ether oxygens (including phenoxy) is 1. The molecular formula is C15H21BrN2O2. The molecule has 0 radical (unpaired) electrons. The maximum absolute atomic E-state index is 12.2. The first-order valence-electron chi connectivity index (χ1n) is 6.91. The van der Waals surface area contributed by atoms with E-state index in [9.17, 15) is 4.79 Å². The molecule has 0 aliphatic heterocycles. The molecule has 1 unspecified atom stereocenters. The van der Waals surface area contributed by atoms with Crippen LogP contribution in [-0.4, -0.2) is 25.7 Å². The van der Waals surface area contributed by atoms with Crippen molar-refractivity contribution in [1.82, 2.24) is 5.32 Å². The average Bonchev–Trinajstić information content (AvgIpc) is 3.22. The van der Waals surface area contributed by atoms with Crippen molar-refractivity contribution in [2.24, 2.45) is 11.7 Å². The third kappa shape index (κ3) is 4.30. The Bertz CT molecular complexity index is 455. The van der Waals surface area contributed by atoms with E-state index in [1.165, 1.54) is 12.8 Å². The summed E-state index contributed by atoms with van der Waals surface area (Å²) in [6.45, 7) is 3.56. The maximum Gasteiger partial charge on any atom is 0.244 e. The Hall–Kier alpha value is -0.910. The van der Waals surface area contributed by atoms with E-state index in [-0.39, 0.29) is 5.91 Å². The fourth-order valence-corrected chi connectivity index (χ4v) is 2.15. The predicted molar refractivity (Wildman–Crippen MR) is 82.2 cm³/mol. The third-order valence-electron chi connectivity index (χ3n) is 3.50. The molecule has 5 heteroatoms. The number of halogens is 1. The molecule has 3 N–H and O–H groups in total. The molecule has 1 aromatic carbocycles. The van der Waals surface area contributed by atoms with E-state index in [0.717, 1.165) is 22.6 Å². The van der Waals surface area contributed by atoms with Gasteiger partial charge in [-0.05, 0) is 43.4 Å². The molecule has 1 aromatic rings. The Morgan fingerprint density at radius 1 is 1.45 bits per heavy atom. The van der Waals surface area contributed by atoms with Crippen LogP contribution in [0.25, 0.3) is 0 Å². The highest BCUT2D eigenvalue weighted by atomic mass is 79.9. The van der Waals surface area contributed by atoms with Crippen molar-refractivity contribution in [1.29, 1.82) is 0 Å². The van der Waals surface area contributed by atoms with Crippen LogP contribution in [0.2, 0.25) is 0 Å². The highest BCUT2D eigenvalue weighted by Crippen LogP contribution is 2.28. The molecule has 1 fully saturated rings. The topological polar surface area (TPSA) is 64.4 Å². The van der Waals surface area contributed by atoms with E-state index >= 15 is 0 Å². The van der Waals surface area contributed by atoms with Gasteiger partial charge >= 0.3 is 0 Å². The molecule has 0 bridgehead atoms. The molecule has 1 aliphatic rings. The molecule has 1 aliphatic carbocycles.